The monoisotopic (exact) mass is 313 g/mol. The Balaban J connectivity index is 2.28. The predicted octanol–water partition coefficient (Wildman–Crippen LogP) is 2.50. The molecule has 7 heteroatoms. The fourth-order valence-electron chi connectivity index (χ4n) is 2.01. The van der Waals surface area contributed by atoms with E-state index in [4.69, 9.17) is 11.6 Å². The normalized spacial score (nSPS) is 12.1. The zero-order valence-electron chi connectivity index (χ0n) is 11.5. The molecule has 0 aliphatic rings. The Kier molecular flexibility index (Phi) is 4.17. The Bertz CT molecular complexity index is 688. The molecule has 0 aliphatic carbocycles. The van der Waals surface area contributed by atoms with Gasteiger partial charge in [-0.2, -0.15) is 9.40 Å². The Morgan fingerprint density at radius 1 is 1.25 bits per heavy atom. The summed E-state index contributed by atoms with van der Waals surface area (Å²) in [6.07, 6.45) is 0. The topological polar surface area (TPSA) is 66.1 Å². The van der Waals surface area contributed by atoms with E-state index in [1.54, 1.807) is 33.0 Å². The van der Waals surface area contributed by atoms with Crippen molar-refractivity contribution >= 4 is 21.6 Å². The lowest BCUT2D eigenvalue weighted by molar-refractivity contribution is 0.466. The molecular weight excluding hydrogens is 298 g/mol. The molecule has 2 aromatic rings. The average Bonchev–Trinajstić information content (AvgIpc) is 2.72. The summed E-state index contributed by atoms with van der Waals surface area (Å²) < 4.78 is 26.4. The van der Waals surface area contributed by atoms with E-state index in [2.05, 4.69) is 10.2 Å². The van der Waals surface area contributed by atoms with Crippen LogP contribution >= 0.6 is 11.6 Å². The average molecular weight is 314 g/mol. The van der Waals surface area contributed by atoms with Gasteiger partial charge in [-0.1, -0.05) is 23.7 Å². The zero-order chi connectivity index (χ0) is 14.9. The molecule has 0 saturated heterocycles. The number of aromatic nitrogens is 2. The third kappa shape index (κ3) is 2.87. The van der Waals surface area contributed by atoms with Crippen molar-refractivity contribution in [3.8, 4) is 0 Å². The molecule has 2 rings (SSSR count). The van der Waals surface area contributed by atoms with Crippen LogP contribution in [0.4, 0.5) is 0 Å². The molecule has 0 radical (unpaired) electrons. The molecule has 0 unspecified atom stereocenters. The van der Waals surface area contributed by atoms with Crippen LogP contribution in [-0.4, -0.2) is 30.0 Å². The first-order chi connectivity index (χ1) is 9.32. The molecule has 0 atom stereocenters. The van der Waals surface area contributed by atoms with Crippen LogP contribution in [0.25, 0.3) is 0 Å². The fraction of sp³-hybridized carbons (Fsp3) is 0.308. The number of sulfonamides is 1. The lowest BCUT2D eigenvalue weighted by Gasteiger charge is -2.17. The van der Waals surface area contributed by atoms with Crippen molar-refractivity contribution < 1.29 is 8.42 Å². The number of H-pyrrole nitrogens is 1. The van der Waals surface area contributed by atoms with Crippen molar-refractivity contribution in [1.29, 1.82) is 0 Å². The van der Waals surface area contributed by atoms with Gasteiger partial charge >= 0.3 is 0 Å². The first kappa shape index (κ1) is 15.0. The van der Waals surface area contributed by atoms with Gasteiger partial charge in [-0.15, -0.1) is 0 Å². The van der Waals surface area contributed by atoms with E-state index in [0.29, 0.717) is 16.4 Å². The van der Waals surface area contributed by atoms with Crippen LogP contribution in [0.1, 0.15) is 17.0 Å². The van der Waals surface area contributed by atoms with E-state index in [0.717, 1.165) is 5.56 Å². The summed E-state index contributed by atoms with van der Waals surface area (Å²) in [4.78, 5) is 0.244. The molecule has 0 aliphatic heterocycles. The van der Waals surface area contributed by atoms with Crippen LogP contribution in [0.3, 0.4) is 0 Å². The highest BCUT2D eigenvalue weighted by atomic mass is 35.5. The molecule has 1 aromatic carbocycles. The van der Waals surface area contributed by atoms with E-state index >= 15 is 0 Å². The Morgan fingerprint density at radius 3 is 2.35 bits per heavy atom. The summed E-state index contributed by atoms with van der Waals surface area (Å²) in [6.45, 7) is 3.65. The molecule has 1 N–H and O–H groups in total. The number of hydrogen-bond acceptors (Lipinski definition) is 3. The predicted molar refractivity (Wildman–Crippen MR) is 78.2 cm³/mol. The van der Waals surface area contributed by atoms with Gasteiger partial charge in [0.2, 0.25) is 10.0 Å². The molecular formula is C13H16ClN3O2S. The smallest absolute Gasteiger partial charge is 0.246 e. The van der Waals surface area contributed by atoms with Gasteiger partial charge in [-0.25, -0.2) is 8.42 Å². The summed E-state index contributed by atoms with van der Waals surface area (Å²) in [6, 6.07) is 7.10. The van der Waals surface area contributed by atoms with Gasteiger partial charge in [0.25, 0.3) is 0 Å². The minimum Gasteiger partial charge on any atom is -0.281 e. The Morgan fingerprint density at radius 2 is 1.85 bits per heavy atom. The number of nitrogens with zero attached hydrogens (tertiary/aromatic N) is 2. The quantitative estimate of drug-likeness (QED) is 0.943. The van der Waals surface area contributed by atoms with Gasteiger partial charge in [0.1, 0.15) is 4.90 Å². The van der Waals surface area contributed by atoms with Gasteiger partial charge in [-0.3, -0.25) is 5.10 Å². The van der Waals surface area contributed by atoms with Crippen LogP contribution in [-0.2, 0) is 16.6 Å². The molecule has 20 heavy (non-hydrogen) atoms. The summed E-state index contributed by atoms with van der Waals surface area (Å²) in [7, 11) is -2.01. The van der Waals surface area contributed by atoms with Gasteiger partial charge in [0.05, 0.1) is 11.4 Å². The second-order valence-electron chi connectivity index (χ2n) is 4.65. The second-order valence-corrected chi connectivity index (χ2v) is 7.07. The summed E-state index contributed by atoms with van der Waals surface area (Å²) >= 11 is 5.82. The van der Waals surface area contributed by atoms with Crippen molar-refractivity contribution in [2.24, 2.45) is 0 Å². The highest BCUT2D eigenvalue weighted by Gasteiger charge is 2.26. The van der Waals surface area contributed by atoms with E-state index in [1.165, 1.54) is 4.31 Å². The van der Waals surface area contributed by atoms with E-state index in [-0.39, 0.29) is 11.4 Å². The lowest BCUT2D eigenvalue weighted by atomic mass is 10.2. The summed E-state index contributed by atoms with van der Waals surface area (Å²) in [5.41, 5.74) is 1.90. The maximum atomic E-state index is 12.5. The standard InChI is InChI=1S/C13H16ClN3O2S/c1-9-13(10(2)16-15-9)20(18,19)17(3)8-11-4-6-12(14)7-5-11/h4-7H,8H2,1-3H3,(H,15,16). The van der Waals surface area contributed by atoms with Crippen molar-refractivity contribution in [2.45, 2.75) is 25.3 Å². The van der Waals surface area contributed by atoms with Gasteiger partial charge in [0, 0.05) is 18.6 Å². The molecule has 1 aromatic heterocycles. The number of halogens is 1. The first-order valence-corrected chi connectivity index (χ1v) is 7.86. The van der Waals surface area contributed by atoms with Crippen molar-refractivity contribution in [3.63, 3.8) is 0 Å². The van der Waals surface area contributed by atoms with Crippen LogP contribution in [0.15, 0.2) is 29.2 Å². The summed E-state index contributed by atoms with van der Waals surface area (Å²) in [5.74, 6) is 0. The minimum absolute atomic E-state index is 0.244. The third-order valence-corrected chi connectivity index (χ3v) is 5.37. The van der Waals surface area contributed by atoms with Crippen molar-refractivity contribution in [1.82, 2.24) is 14.5 Å². The molecule has 0 spiro atoms. The molecule has 0 amide bonds. The maximum Gasteiger partial charge on any atom is 0.246 e. The molecule has 0 fully saturated rings. The number of rotatable bonds is 4. The van der Waals surface area contributed by atoms with Gasteiger partial charge in [-0.05, 0) is 31.5 Å². The number of aromatic amines is 1. The molecule has 1 heterocycles. The lowest BCUT2D eigenvalue weighted by Crippen LogP contribution is -2.27. The molecule has 0 bridgehead atoms. The van der Waals surface area contributed by atoms with Gasteiger partial charge in [0.15, 0.2) is 0 Å². The number of nitrogens with one attached hydrogen (secondary N) is 1. The largest absolute Gasteiger partial charge is 0.281 e. The Labute approximate surface area is 123 Å². The Hall–Kier alpha value is -1.37. The molecule has 5 nitrogen and oxygen atoms in total. The van der Waals surface area contributed by atoms with Crippen LogP contribution in [0.5, 0.6) is 0 Å². The molecule has 0 saturated carbocycles. The summed E-state index contributed by atoms with van der Waals surface area (Å²) in [5, 5.41) is 7.26. The maximum absolute atomic E-state index is 12.5. The fourth-order valence-corrected chi connectivity index (χ4v) is 3.62. The second kappa shape index (κ2) is 5.55. The van der Waals surface area contributed by atoms with E-state index in [1.807, 2.05) is 12.1 Å². The van der Waals surface area contributed by atoms with Gasteiger partial charge < -0.3 is 0 Å². The zero-order valence-corrected chi connectivity index (χ0v) is 13.1. The minimum atomic E-state index is -3.56. The van der Waals surface area contributed by atoms with Crippen LogP contribution in [0, 0.1) is 13.8 Å². The van der Waals surface area contributed by atoms with E-state index < -0.39 is 10.0 Å². The number of hydrogen-bond donors (Lipinski definition) is 1. The molecule has 108 valence electrons. The SMILES string of the molecule is Cc1n[nH]c(C)c1S(=O)(=O)N(C)Cc1ccc(Cl)cc1. The number of benzene rings is 1. The highest BCUT2D eigenvalue weighted by molar-refractivity contribution is 7.89. The van der Waals surface area contributed by atoms with Crippen molar-refractivity contribution in [2.75, 3.05) is 7.05 Å². The van der Waals surface area contributed by atoms with Crippen LogP contribution in [0.2, 0.25) is 5.02 Å². The first-order valence-electron chi connectivity index (χ1n) is 6.04. The van der Waals surface area contributed by atoms with Crippen LogP contribution < -0.4 is 0 Å². The van der Waals surface area contributed by atoms with Crippen molar-refractivity contribution in [3.05, 3.63) is 46.2 Å². The number of aryl methyl sites for hydroxylation is 2. The van der Waals surface area contributed by atoms with E-state index in [9.17, 15) is 8.42 Å². The highest BCUT2D eigenvalue weighted by Crippen LogP contribution is 2.22. The third-order valence-electron chi connectivity index (χ3n) is 3.05.